The largest absolute Gasteiger partial charge is 0.497 e. The van der Waals surface area contributed by atoms with Crippen LogP contribution in [0, 0.1) is 6.92 Å². The highest BCUT2D eigenvalue weighted by Gasteiger charge is 2.14. The Morgan fingerprint density at radius 1 is 1.58 bits per heavy atom. The summed E-state index contributed by atoms with van der Waals surface area (Å²) in [5.74, 6) is 0.0165. The lowest BCUT2D eigenvalue weighted by atomic mass is 9.99. The average molecular weight is 263 g/mol. The molecule has 1 aromatic rings. The van der Waals surface area contributed by atoms with Crippen LogP contribution < -0.4 is 10.1 Å². The van der Waals surface area contributed by atoms with Gasteiger partial charge in [0, 0.05) is 12.6 Å². The van der Waals surface area contributed by atoms with E-state index in [1.54, 1.807) is 13.2 Å². The van der Waals surface area contributed by atoms with Gasteiger partial charge in [0.25, 0.3) is 0 Å². The Kier molecular flexibility index (Phi) is 6.09. The van der Waals surface area contributed by atoms with Crippen molar-refractivity contribution in [3.63, 3.8) is 0 Å². The minimum atomic E-state index is -0.798. The molecule has 4 heteroatoms. The number of hydrogen-bond acceptors (Lipinski definition) is 3. The van der Waals surface area contributed by atoms with Crippen LogP contribution in [0.5, 0.6) is 5.75 Å². The summed E-state index contributed by atoms with van der Waals surface area (Å²) >= 11 is 0. The number of carboxylic acids is 1. The van der Waals surface area contributed by atoms with Crippen molar-refractivity contribution in [3.8, 4) is 5.75 Å². The second-order valence-corrected chi connectivity index (χ2v) is 4.49. The molecule has 0 spiro atoms. The Morgan fingerprint density at radius 2 is 2.32 bits per heavy atom. The van der Waals surface area contributed by atoms with E-state index < -0.39 is 5.97 Å². The van der Waals surface area contributed by atoms with Crippen LogP contribution in [0.2, 0.25) is 0 Å². The van der Waals surface area contributed by atoms with E-state index in [0.29, 0.717) is 13.0 Å². The van der Waals surface area contributed by atoms with Gasteiger partial charge in [-0.1, -0.05) is 12.1 Å². The summed E-state index contributed by atoms with van der Waals surface area (Å²) in [5.41, 5.74) is 2.23. The number of aliphatic carboxylic acids is 1. The molecule has 0 heterocycles. The first-order chi connectivity index (χ1) is 9.06. The Bertz CT molecular complexity index is 443. The smallest absolute Gasteiger partial charge is 0.304 e. The predicted octanol–water partition coefficient (Wildman–Crippen LogP) is 2.17. The van der Waals surface area contributed by atoms with Gasteiger partial charge in [0.15, 0.2) is 0 Å². The van der Waals surface area contributed by atoms with Crippen LogP contribution in [0.25, 0.3) is 0 Å². The highest BCUT2D eigenvalue weighted by atomic mass is 16.5. The predicted molar refractivity (Wildman–Crippen MR) is 75.7 cm³/mol. The number of hydrogen-bond donors (Lipinski definition) is 2. The molecule has 0 saturated carbocycles. The minimum absolute atomic E-state index is 0.0948. The molecule has 1 unspecified atom stereocenters. The van der Waals surface area contributed by atoms with Gasteiger partial charge >= 0.3 is 5.97 Å². The standard InChI is InChI=1S/C15H21NO3/c1-4-7-16-13(10-15(17)18)9-12-5-6-14(19-3)8-11(12)2/h4-6,8,13,16H,1,7,9-10H2,2-3H3,(H,17,18). The fraction of sp³-hybridized carbons (Fsp3) is 0.400. The fourth-order valence-corrected chi connectivity index (χ4v) is 1.97. The van der Waals surface area contributed by atoms with Crippen molar-refractivity contribution >= 4 is 5.97 Å². The maximum atomic E-state index is 10.9. The Labute approximate surface area is 114 Å². The first-order valence-corrected chi connectivity index (χ1v) is 6.26. The molecule has 0 aliphatic heterocycles. The molecule has 0 amide bonds. The van der Waals surface area contributed by atoms with Gasteiger partial charge < -0.3 is 15.2 Å². The first kappa shape index (κ1) is 15.2. The fourth-order valence-electron chi connectivity index (χ4n) is 1.97. The van der Waals surface area contributed by atoms with Crippen LogP contribution in [-0.2, 0) is 11.2 Å². The van der Waals surface area contributed by atoms with E-state index in [1.165, 1.54) is 0 Å². The van der Waals surface area contributed by atoms with Gasteiger partial charge in [-0.3, -0.25) is 4.79 Å². The van der Waals surface area contributed by atoms with E-state index >= 15 is 0 Å². The third-order valence-corrected chi connectivity index (χ3v) is 2.99. The summed E-state index contributed by atoms with van der Waals surface area (Å²) in [6.45, 7) is 6.24. The second kappa shape index (κ2) is 7.59. The third-order valence-electron chi connectivity index (χ3n) is 2.99. The van der Waals surface area contributed by atoms with Crippen LogP contribution in [-0.4, -0.2) is 30.8 Å². The summed E-state index contributed by atoms with van der Waals surface area (Å²) in [6.07, 6.45) is 2.50. The summed E-state index contributed by atoms with van der Waals surface area (Å²) in [5, 5.41) is 12.1. The molecule has 0 aliphatic rings. The van der Waals surface area contributed by atoms with Crippen molar-refractivity contribution in [2.75, 3.05) is 13.7 Å². The molecule has 4 nitrogen and oxygen atoms in total. The highest BCUT2D eigenvalue weighted by Crippen LogP contribution is 2.18. The number of carbonyl (C=O) groups is 1. The summed E-state index contributed by atoms with van der Waals surface area (Å²) in [4.78, 5) is 10.9. The number of nitrogens with one attached hydrogen (secondary N) is 1. The molecular weight excluding hydrogens is 242 g/mol. The molecular formula is C15H21NO3. The average Bonchev–Trinajstić information content (AvgIpc) is 2.37. The van der Waals surface area contributed by atoms with Gasteiger partial charge in [-0.25, -0.2) is 0 Å². The first-order valence-electron chi connectivity index (χ1n) is 6.26. The zero-order valence-electron chi connectivity index (χ0n) is 11.5. The molecule has 0 radical (unpaired) electrons. The zero-order valence-corrected chi connectivity index (χ0v) is 11.5. The van der Waals surface area contributed by atoms with Gasteiger partial charge in [0.1, 0.15) is 5.75 Å². The minimum Gasteiger partial charge on any atom is -0.497 e. The van der Waals surface area contributed by atoms with Crippen molar-refractivity contribution in [1.29, 1.82) is 0 Å². The van der Waals surface area contributed by atoms with Crippen molar-refractivity contribution < 1.29 is 14.6 Å². The Morgan fingerprint density at radius 3 is 2.84 bits per heavy atom. The third kappa shape index (κ3) is 5.14. The molecule has 104 valence electrons. The molecule has 0 aromatic heterocycles. The van der Waals surface area contributed by atoms with Gasteiger partial charge in [0.2, 0.25) is 0 Å². The SMILES string of the molecule is C=CCNC(CC(=O)O)Cc1ccc(OC)cc1C. The number of benzene rings is 1. The zero-order chi connectivity index (χ0) is 14.3. The lowest BCUT2D eigenvalue weighted by Crippen LogP contribution is -2.33. The lowest BCUT2D eigenvalue weighted by molar-refractivity contribution is -0.137. The van der Waals surface area contributed by atoms with E-state index in [9.17, 15) is 4.79 Å². The molecule has 1 atom stereocenters. The molecule has 2 N–H and O–H groups in total. The number of rotatable bonds is 8. The summed E-state index contributed by atoms with van der Waals surface area (Å²) in [7, 11) is 1.63. The summed E-state index contributed by atoms with van der Waals surface area (Å²) < 4.78 is 5.16. The van der Waals surface area contributed by atoms with Crippen LogP contribution in [0.1, 0.15) is 17.5 Å². The molecule has 1 rings (SSSR count). The maximum absolute atomic E-state index is 10.9. The molecule has 0 aliphatic carbocycles. The van der Waals surface area contributed by atoms with Gasteiger partial charge in [-0.2, -0.15) is 0 Å². The molecule has 0 bridgehead atoms. The molecule has 0 saturated heterocycles. The van der Waals surface area contributed by atoms with E-state index in [1.807, 2.05) is 25.1 Å². The molecule has 1 aromatic carbocycles. The van der Waals surface area contributed by atoms with Crippen LogP contribution in [0.3, 0.4) is 0 Å². The van der Waals surface area contributed by atoms with Gasteiger partial charge in [-0.05, 0) is 36.6 Å². The second-order valence-electron chi connectivity index (χ2n) is 4.49. The summed E-state index contributed by atoms with van der Waals surface area (Å²) in [6, 6.07) is 5.75. The Hall–Kier alpha value is -1.81. The molecule has 0 fully saturated rings. The highest BCUT2D eigenvalue weighted by molar-refractivity contribution is 5.67. The van der Waals surface area contributed by atoms with E-state index in [-0.39, 0.29) is 12.5 Å². The van der Waals surface area contributed by atoms with Crippen LogP contribution >= 0.6 is 0 Å². The van der Waals surface area contributed by atoms with E-state index in [4.69, 9.17) is 9.84 Å². The van der Waals surface area contributed by atoms with Crippen LogP contribution in [0.4, 0.5) is 0 Å². The van der Waals surface area contributed by atoms with Crippen molar-refractivity contribution in [1.82, 2.24) is 5.32 Å². The quantitative estimate of drug-likeness (QED) is 0.706. The number of methoxy groups -OCH3 is 1. The number of ether oxygens (including phenoxy) is 1. The lowest BCUT2D eigenvalue weighted by Gasteiger charge is -2.17. The Balaban J connectivity index is 2.76. The van der Waals surface area contributed by atoms with Crippen molar-refractivity contribution in [3.05, 3.63) is 42.0 Å². The van der Waals surface area contributed by atoms with Crippen molar-refractivity contribution in [2.45, 2.75) is 25.8 Å². The van der Waals surface area contributed by atoms with Gasteiger partial charge in [0.05, 0.1) is 13.5 Å². The monoisotopic (exact) mass is 263 g/mol. The van der Waals surface area contributed by atoms with E-state index in [2.05, 4.69) is 11.9 Å². The normalized spacial score (nSPS) is 11.9. The number of carboxylic acid groups (broad SMARTS) is 1. The van der Waals surface area contributed by atoms with Crippen LogP contribution in [0.15, 0.2) is 30.9 Å². The van der Waals surface area contributed by atoms with Gasteiger partial charge in [-0.15, -0.1) is 6.58 Å². The molecule has 19 heavy (non-hydrogen) atoms. The number of aryl methyl sites for hydroxylation is 1. The van der Waals surface area contributed by atoms with Crippen molar-refractivity contribution in [2.24, 2.45) is 0 Å². The topological polar surface area (TPSA) is 58.6 Å². The van der Waals surface area contributed by atoms with E-state index in [0.717, 1.165) is 16.9 Å². The maximum Gasteiger partial charge on any atom is 0.304 e.